The quantitative estimate of drug-likeness (QED) is 0.420. The number of benzene rings is 2. The Balaban J connectivity index is 1.58. The number of carbonyl (C=O) groups excluding carboxylic acids is 3. The highest BCUT2D eigenvalue weighted by Crippen LogP contribution is 2.18. The van der Waals surface area contributed by atoms with Crippen LogP contribution in [0.5, 0.6) is 0 Å². The summed E-state index contributed by atoms with van der Waals surface area (Å²) in [6.07, 6.45) is 6.17. The molecular weight excluding hydrogens is 442 g/mol. The summed E-state index contributed by atoms with van der Waals surface area (Å²) in [5, 5.41) is 9.17. The molecule has 1 heterocycles. The maximum absolute atomic E-state index is 12.8. The first-order valence-corrected chi connectivity index (χ1v) is 12.2. The van der Waals surface area contributed by atoms with E-state index in [9.17, 15) is 19.5 Å². The first kappa shape index (κ1) is 26.3. The molecule has 1 fully saturated rings. The predicted molar refractivity (Wildman–Crippen MR) is 134 cm³/mol. The van der Waals surface area contributed by atoms with Crippen LogP contribution in [0.1, 0.15) is 66.1 Å². The fourth-order valence-electron chi connectivity index (χ4n) is 4.21. The summed E-state index contributed by atoms with van der Waals surface area (Å²) in [7, 11) is 1.40. The second kappa shape index (κ2) is 13.0. The van der Waals surface area contributed by atoms with Gasteiger partial charge in [0.15, 0.2) is 17.6 Å². The molecule has 0 saturated carbocycles. The number of ketones is 2. The molecule has 6 heteroatoms. The van der Waals surface area contributed by atoms with Gasteiger partial charge < -0.3 is 14.7 Å². The average molecular weight is 476 g/mol. The van der Waals surface area contributed by atoms with Crippen molar-refractivity contribution in [2.45, 2.75) is 57.6 Å². The highest BCUT2D eigenvalue weighted by Gasteiger charge is 2.32. The molecule has 0 aliphatic carbocycles. The lowest BCUT2D eigenvalue weighted by Gasteiger charge is -2.25. The highest BCUT2D eigenvalue weighted by molar-refractivity contribution is 6.10. The van der Waals surface area contributed by atoms with Crippen LogP contribution in [-0.4, -0.2) is 59.9 Å². The molecule has 1 amide bonds. The van der Waals surface area contributed by atoms with Gasteiger partial charge in [0.05, 0.1) is 6.10 Å². The van der Waals surface area contributed by atoms with Gasteiger partial charge >= 0.3 is 0 Å². The van der Waals surface area contributed by atoms with Crippen LogP contribution in [0, 0.1) is 11.8 Å². The maximum Gasteiger partial charge on any atom is 0.254 e. The summed E-state index contributed by atoms with van der Waals surface area (Å²) in [6, 6.07) is 13.7. The maximum atomic E-state index is 12.8. The third kappa shape index (κ3) is 7.35. The molecule has 2 aromatic rings. The fourth-order valence-corrected chi connectivity index (χ4v) is 4.21. The van der Waals surface area contributed by atoms with E-state index in [1.807, 2.05) is 12.1 Å². The topological polar surface area (TPSA) is 83.9 Å². The summed E-state index contributed by atoms with van der Waals surface area (Å²) in [5.74, 6) is 4.68. The molecule has 0 bridgehead atoms. The number of ether oxygens (including phenoxy) is 1. The number of aryl methyl sites for hydroxylation is 1. The summed E-state index contributed by atoms with van der Waals surface area (Å²) >= 11 is 0. The smallest absolute Gasteiger partial charge is 0.254 e. The first-order chi connectivity index (χ1) is 16.9. The zero-order valence-electron chi connectivity index (χ0n) is 20.5. The van der Waals surface area contributed by atoms with Gasteiger partial charge in [-0.15, -0.1) is 0 Å². The van der Waals surface area contributed by atoms with E-state index in [0.717, 1.165) is 41.9 Å². The molecule has 3 rings (SSSR count). The zero-order valence-corrected chi connectivity index (χ0v) is 20.5. The number of rotatable bonds is 10. The SMILES string of the molecule is CCC(=O)C(C(=O)CO)N(C)C(=O)c1ccc(C#Cc2ccc(CCCC3CCCO3)cc2)cc1. The number of hydrogen-bond donors (Lipinski definition) is 1. The van der Waals surface area contributed by atoms with E-state index >= 15 is 0 Å². The summed E-state index contributed by atoms with van der Waals surface area (Å²) in [5.41, 5.74) is 3.29. The standard InChI is InChI=1S/C29H33NO5/c1-3-26(32)28(27(33)20-31)30(2)29(34)24-17-15-23(16-18-24)14-13-22-11-9-21(10-12-22)6-4-7-25-8-5-19-35-25/h9-12,15-18,25,28,31H,3-8,19-20H2,1-2H3. The Morgan fingerprint density at radius 1 is 1.03 bits per heavy atom. The lowest BCUT2D eigenvalue weighted by Crippen LogP contribution is -2.48. The molecule has 2 aromatic carbocycles. The minimum Gasteiger partial charge on any atom is -0.388 e. The molecule has 1 N–H and O–H groups in total. The van der Waals surface area contributed by atoms with Crippen molar-refractivity contribution >= 4 is 17.5 Å². The number of likely N-dealkylation sites (N-methyl/N-ethyl adjacent to an activating group) is 1. The number of aliphatic hydroxyl groups excluding tert-OH is 1. The molecule has 1 aliphatic rings. The van der Waals surface area contributed by atoms with E-state index in [2.05, 4.69) is 24.0 Å². The van der Waals surface area contributed by atoms with Gasteiger partial charge in [-0.25, -0.2) is 0 Å². The van der Waals surface area contributed by atoms with E-state index in [0.29, 0.717) is 11.7 Å². The van der Waals surface area contributed by atoms with Gasteiger partial charge in [-0.2, -0.15) is 0 Å². The monoisotopic (exact) mass is 475 g/mol. The number of aliphatic hydroxyl groups is 1. The van der Waals surface area contributed by atoms with Gasteiger partial charge in [0, 0.05) is 36.8 Å². The second-order valence-corrected chi connectivity index (χ2v) is 8.81. The Kier molecular flexibility index (Phi) is 9.77. The minimum absolute atomic E-state index is 0.0962. The van der Waals surface area contributed by atoms with Crippen LogP contribution in [0.3, 0.4) is 0 Å². The van der Waals surface area contributed by atoms with Gasteiger partial charge in [0.25, 0.3) is 5.91 Å². The molecule has 184 valence electrons. The van der Waals surface area contributed by atoms with Crippen molar-refractivity contribution in [2.24, 2.45) is 0 Å². The van der Waals surface area contributed by atoms with Crippen LogP contribution in [0.15, 0.2) is 48.5 Å². The largest absolute Gasteiger partial charge is 0.388 e. The van der Waals surface area contributed by atoms with Gasteiger partial charge in [-0.1, -0.05) is 30.9 Å². The number of amides is 1. The van der Waals surface area contributed by atoms with Crippen molar-refractivity contribution in [1.82, 2.24) is 4.90 Å². The summed E-state index contributed by atoms with van der Waals surface area (Å²) in [6.45, 7) is 1.73. The van der Waals surface area contributed by atoms with Gasteiger partial charge in [-0.05, 0) is 74.1 Å². The van der Waals surface area contributed by atoms with Crippen molar-refractivity contribution in [2.75, 3.05) is 20.3 Å². The predicted octanol–water partition coefficient (Wildman–Crippen LogP) is 3.57. The third-order valence-corrected chi connectivity index (χ3v) is 6.27. The Labute approximate surface area is 207 Å². The van der Waals surface area contributed by atoms with Gasteiger partial charge in [-0.3, -0.25) is 14.4 Å². The number of hydrogen-bond acceptors (Lipinski definition) is 5. The molecule has 2 unspecified atom stereocenters. The van der Waals surface area contributed by atoms with Crippen LogP contribution in [0.25, 0.3) is 0 Å². The molecule has 6 nitrogen and oxygen atoms in total. The molecular formula is C29H33NO5. The van der Waals surface area contributed by atoms with Crippen LogP contribution >= 0.6 is 0 Å². The van der Waals surface area contributed by atoms with Gasteiger partial charge in [0.2, 0.25) is 0 Å². The van der Waals surface area contributed by atoms with Crippen molar-refractivity contribution in [1.29, 1.82) is 0 Å². The van der Waals surface area contributed by atoms with Crippen LogP contribution in [0.2, 0.25) is 0 Å². The van der Waals surface area contributed by atoms with E-state index < -0.39 is 30.1 Å². The normalized spacial score (nSPS) is 15.7. The number of nitrogens with zero attached hydrogens (tertiary/aromatic N) is 1. The molecule has 0 aromatic heterocycles. The lowest BCUT2D eigenvalue weighted by atomic mass is 10.0. The Morgan fingerprint density at radius 2 is 1.66 bits per heavy atom. The van der Waals surface area contributed by atoms with E-state index in [-0.39, 0.29) is 6.42 Å². The lowest BCUT2D eigenvalue weighted by molar-refractivity contribution is -0.134. The van der Waals surface area contributed by atoms with E-state index in [4.69, 9.17) is 4.74 Å². The average Bonchev–Trinajstić information content (AvgIpc) is 3.41. The fraction of sp³-hybridized carbons (Fsp3) is 0.414. The zero-order chi connectivity index (χ0) is 25.2. The van der Waals surface area contributed by atoms with Crippen molar-refractivity contribution < 1.29 is 24.2 Å². The number of Topliss-reactive ketones (excluding diaryl/α,β-unsaturated/α-hetero) is 2. The molecule has 0 spiro atoms. The molecule has 2 atom stereocenters. The van der Waals surface area contributed by atoms with Crippen LogP contribution in [-0.2, 0) is 20.7 Å². The molecule has 35 heavy (non-hydrogen) atoms. The minimum atomic E-state index is -1.28. The first-order valence-electron chi connectivity index (χ1n) is 12.2. The van der Waals surface area contributed by atoms with Crippen LogP contribution in [0.4, 0.5) is 0 Å². The highest BCUT2D eigenvalue weighted by atomic mass is 16.5. The Bertz CT molecular complexity index is 1060. The van der Waals surface area contributed by atoms with Crippen molar-refractivity contribution in [3.8, 4) is 11.8 Å². The van der Waals surface area contributed by atoms with E-state index in [1.165, 1.54) is 25.5 Å². The summed E-state index contributed by atoms with van der Waals surface area (Å²) in [4.78, 5) is 38.0. The molecule has 1 saturated heterocycles. The number of carbonyl (C=O) groups is 3. The molecule has 1 aliphatic heterocycles. The van der Waals surface area contributed by atoms with Crippen molar-refractivity contribution in [3.05, 3.63) is 70.8 Å². The van der Waals surface area contributed by atoms with Crippen molar-refractivity contribution in [3.63, 3.8) is 0 Å². The third-order valence-electron chi connectivity index (χ3n) is 6.27. The molecule has 0 radical (unpaired) electrons. The van der Waals surface area contributed by atoms with Crippen LogP contribution < -0.4 is 0 Å². The van der Waals surface area contributed by atoms with E-state index in [1.54, 1.807) is 31.2 Å². The Morgan fingerprint density at radius 3 is 2.20 bits per heavy atom. The van der Waals surface area contributed by atoms with Gasteiger partial charge in [0.1, 0.15) is 6.61 Å². The summed E-state index contributed by atoms with van der Waals surface area (Å²) < 4.78 is 5.68. The second-order valence-electron chi connectivity index (χ2n) is 8.81. The Hall–Kier alpha value is -3.27.